The molecule has 0 aromatic heterocycles. The molecule has 1 saturated carbocycles. The third-order valence-electron chi connectivity index (χ3n) is 3.15. The zero-order valence-electron chi connectivity index (χ0n) is 9.39. The highest BCUT2D eigenvalue weighted by atomic mass is 32.2. The largest absolute Gasteiger partial charge is 0.453 e. The van der Waals surface area contributed by atoms with E-state index in [4.69, 9.17) is 9.47 Å². The second kappa shape index (κ2) is 4.61. The van der Waals surface area contributed by atoms with Gasteiger partial charge in [-0.05, 0) is 19.3 Å². The first-order chi connectivity index (χ1) is 7.63. The van der Waals surface area contributed by atoms with E-state index in [1.54, 1.807) is 0 Å². The summed E-state index contributed by atoms with van der Waals surface area (Å²) < 4.78 is 37.6. The molecule has 16 heavy (non-hydrogen) atoms. The standard InChI is InChI=1S/C10H17NO4S/c1-14-10-11-16(12,13)9-7-5-3-2-4-6-8(9)15-10/h8-9H,2-7H2,1H3/t8-,9+/m0/s1. The Bertz CT molecular complexity index is 376. The molecule has 0 spiro atoms. The fraction of sp³-hybridized carbons (Fsp3) is 0.900. The highest BCUT2D eigenvalue weighted by Crippen LogP contribution is 2.29. The van der Waals surface area contributed by atoms with Crippen molar-refractivity contribution in [3.63, 3.8) is 0 Å². The maximum Gasteiger partial charge on any atom is 0.399 e. The zero-order chi connectivity index (χ0) is 11.6. The molecule has 6 heteroatoms. The Kier molecular flexibility index (Phi) is 3.37. The van der Waals surface area contributed by atoms with Crippen molar-refractivity contribution in [1.29, 1.82) is 0 Å². The fourth-order valence-electron chi connectivity index (χ4n) is 2.30. The van der Waals surface area contributed by atoms with E-state index in [0.717, 1.165) is 32.1 Å². The van der Waals surface area contributed by atoms with Gasteiger partial charge < -0.3 is 9.47 Å². The molecule has 5 nitrogen and oxygen atoms in total. The molecule has 0 bridgehead atoms. The highest BCUT2D eigenvalue weighted by molar-refractivity contribution is 7.91. The summed E-state index contributed by atoms with van der Waals surface area (Å²) in [6, 6.07) is 0. The van der Waals surface area contributed by atoms with Crippen LogP contribution in [0.1, 0.15) is 38.5 Å². The molecule has 1 aliphatic heterocycles. The lowest BCUT2D eigenvalue weighted by atomic mass is 9.98. The Hall–Kier alpha value is -0.780. The van der Waals surface area contributed by atoms with Crippen LogP contribution in [0.5, 0.6) is 0 Å². The summed E-state index contributed by atoms with van der Waals surface area (Å²) in [6.45, 7) is 0. The van der Waals surface area contributed by atoms with Crippen LogP contribution in [0.2, 0.25) is 0 Å². The van der Waals surface area contributed by atoms with Gasteiger partial charge in [0, 0.05) is 0 Å². The molecule has 0 radical (unpaired) electrons. The summed E-state index contributed by atoms with van der Waals surface area (Å²) >= 11 is 0. The number of ether oxygens (including phenoxy) is 2. The summed E-state index contributed by atoms with van der Waals surface area (Å²) in [5, 5.41) is -0.480. The van der Waals surface area contributed by atoms with E-state index in [0.29, 0.717) is 6.42 Å². The first-order valence-corrected chi connectivity index (χ1v) is 7.18. The van der Waals surface area contributed by atoms with Gasteiger partial charge in [-0.2, -0.15) is 0 Å². The van der Waals surface area contributed by atoms with Crippen LogP contribution < -0.4 is 0 Å². The Balaban J connectivity index is 2.25. The first-order valence-electron chi connectivity index (χ1n) is 5.68. The van der Waals surface area contributed by atoms with Crippen LogP contribution in [0.3, 0.4) is 0 Å². The van der Waals surface area contributed by atoms with Gasteiger partial charge in [-0.15, -0.1) is 0 Å². The molecule has 0 aromatic rings. The normalized spacial score (nSPS) is 33.7. The van der Waals surface area contributed by atoms with Gasteiger partial charge in [-0.3, -0.25) is 0 Å². The van der Waals surface area contributed by atoms with Crippen LogP contribution >= 0.6 is 0 Å². The van der Waals surface area contributed by atoms with Gasteiger partial charge in [0.05, 0.1) is 7.11 Å². The number of hydrogen-bond acceptors (Lipinski definition) is 4. The maximum absolute atomic E-state index is 11.9. The van der Waals surface area contributed by atoms with E-state index in [1.807, 2.05) is 0 Å². The lowest BCUT2D eigenvalue weighted by molar-refractivity contribution is 0.101. The minimum absolute atomic E-state index is 0.109. The molecule has 0 N–H and O–H groups in total. The van der Waals surface area contributed by atoms with Gasteiger partial charge in [0.1, 0.15) is 11.4 Å². The predicted octanol–water partition coefficient (Wildman–Crippen LogP) is 1.44. The Labute approximate surface area is 95.9 Å². The van der Waals surface area contributed by atoms with Crippen LogP contribution in [0, 0.1) is 0 Å². The lowest BCUT2D eigenvalue weighted by Gasteiger charge is -2.30. The topological polar surface area (TPSA) is 65.0 Å². The second-order valence-corrected chi connectivity index (χ2v) is 6.08. The molecule has 1 aliphatic carbocycles. The first kappa shape index (κ1) is 11.7. The molecule has 2 rings (SSSR count). The number of methoxy groups -OCH3 is 1. The average Bonchev–Trinajstić information content (AvgIpc) is 2.18. The molecule has 1 fully saturated rings. The Morgan fingerprint density at radius 2 is 1.94 bits per heavy atom. The monoisotopic (exact) mass is 247 g/mol. The van der Waals surface area contributed by atoms with Gasteiger partial charge in [0.25, 0.3) is 10.0 Å². The average molecular weight is 247 g/mol. The van der Waals surface area contributed by atoms with Crippen LogP contribution in [0.25, 0.3) is 0 Å². The van der Waals surface area contributed by atoms with Gasteiger partial charge in [0.15, 0.2) is 0 Å². The van der Waals surface area contributed by atoms with Crippen molar-refractivity contribution in [2.45, 2.75) is 49.9 Å². The molecule has 0 saturated heterocycles. The van der Waals surface area contributed by atoms with E-state index in [-0.39, 0.29) is 12.2 Å². The van der Waals surface area contributed by atoms with Gasteiger partial charge in [-0.25, -0.2) is 8.42 Å². The van der Waals surface area contributed by atoms with Crippen LogP contribution in [0.15, 0.2) is 4.40 Å². The van der Waals surface area contributed by atoms with Gasteiger partial charge in [-0.1, -0.05) is 23.7 Å². The predicted molar refractivity (Wildman–Crippen MR) is 59.7 cm³/mol. The summed E-state index contributed by atoms with van der Waals surface area (Å²) in [6.07, 6.45) is 5.21. The van der Waals surface area contributed by atoms with Crippen molar-refractivity contribution in [1.82, 2.24) is 0 Å². The molecule has 0 aromatic carbocycles. The summed E-state index contributed by atoms with van der Waals surface area (Å²) in [7, 11) is -2.07. The summed E-state index contributed by atoms with van der Waals surface area (Å²) in [5.74, 6) is 0. The van der Waals surface area contributed by atoms with E-state index in [9.17, 15) is 8.42 Å². The van der Waals surface area contributed by atoms with Crippen molar-refractivity contribution in [3.8, 4) is 0 Å². The number of sulfonamides is 1. The van der Waals surface area contributed by atoms with Crippen molar-refractivity contribution >= 4 is 16.1 Å². The van der Waals surface area contributed by atoms with E-state index in [1.165, 1.54) is 7.11 Å². The zero-order valence-corrected chi connectivity index (χ0v) is 10.2. The van der Waals surface area contributed by atoms with E-state index >= 15 is 0 Å². The molecule has 92 valence electrons. The number of nitrogens with zero attached hydrogens (tertiary/aromatic N) is 1. The van der Waals surface area contributed by atoms with Gasteiger partial charge >= 0.3 is 6.08 Å². The molecule has 2 atom stereocenters. The quantitative estimate of drug-likeness (QED) is 0.649. The fourth-order valence-corrected chi connectivity index (χ4v) is 3.80. The summed E-state index contributed by atoms with van der Waals surface area (Å²) in [4.78, 5) is 0. The van der Waals surface area contributed by atoms with E-state index < -0.39 is 15.3 Å². The van der Waals surface area contributed by atoms with Gasteiger partial charge in [0.2, 0.25) is 0 Å². The Morgan fingerprint density at radius 1 is 1.25 bits per heavy atom. The second-order valence-electron chi connectivity index (χ2n) is 4.26. The molecular formula is C10H17NO4S. The number of hydrogen-bond donors (Lipinski definition) is 0. The third-order valence-corrected chi connectivity index (χ3v) is 4.86. The Morgan fingerprint density at radius 3 is 2.62 bits per heavy atom. The van der Waals surface area contributed by atoms with E-state index in [2.05, 4.69) is 4.40 Å². The lowest BCUT2D eigenvalue weighted by Crippen LogP contribution is -2.42. The molecular weight excluding hydrogens is 230 g/mol. The molecule has 0 amide bonds. The minimum atomic E-state index is -3.45. The minimum Gasteiger partial charge on any atom is -0.453 e. The smallest absolute Gasteiger partial charge is 0.399 e. The van der Waals surface area contributed by atoms with Crippen molar-refractivity contribution in [3.05, 3.63) is 0 Å². The maximum atomic E-state index is 11.9. The SMILES string of the molecule is COC1=NS(=O)(=O)[C@@H]2CCCCCC[C@@H]2O1. The van der Waals surface area contributed by atoms with Crippen LogP contribution in [-0.2, 0) is 19.5 Å². The molecule has 2 aliphatic rings. The van der Waals surface area contributed by atoms with Crippen LogP contribution in [0.4, 0.5) is 0 Å². The van der Waals surface area contributed by atoms with Crippen molar-refractivity contribution < 1.29 is 17.9 Å². The third kappa shape index (κ3) is 2.31. The molecule has 1 heterocycles. The molecule has 0 unspecified atom stereocenters. The summed E-state index contributed by atoms with van der Waals surface area (Å²) in [5.41, 5.74) is 0. The van der Waals surface area contributed by atoms with Crippen LogP contribution in [-0.4, -0.2) is 33.0 Å². The highest BCUT2D eigenvalue weighted by Gasteiger charge is 2.40. The van der Waals surface area contributed by atoms with Crippen molar-refractivity contribution in [2.75, 3.05) is 7.11 Å². The van der Waals surface area contributed by atoms with Crippen molar-refractivity contribution in [2.24, 2.45) is 4.40 Å². The number of fused-ring (bicyclic) bond motifs is 1. The number of rotatable bonds is 0.